The van der Waals surface area contributed by atoms with Gasteiger partial charge < -0.3 is 4.74 Å². The van der Waals surface area contributed by atoms with Crippen molar-refractivity contribution >= 4 is 5.97 Å². The van der Waals surface area contributed by atoms with Crippen LogP contribution in [0.3, 0.4) is 0 Å². The molecule has 0 aromatic carbocycles. The zero-order valence-corrected chi connectivity index (χ0v) is 22.3. The number of carbonyl (C=O) groups excluding carboxylic acids is 1. The topological polar surface area (TPSA) is 26.3 Å². The zero-order valence-electron chi connectivity index (χ0n) is 22.3. The van der Waals surface area contributed by atoms with E-state index in [4.69, 9.17) is 0 Å². The molecule has 0 atom stereocenters. The third-order valence-corrected chi connectivity index (χ3v) is 6.03. The third-order valence-electron chi connectivity index (χ3n) is 6.03. The standard InChI is InChI=1S/C18H4F32O2/c19-2(20)6(25,26)10(33,34)14(41,42)17(47,48)13(39,40)9(31,32)5(23,24)1-52-4(51)8(29,30)12(37,38)16(45,46)18(49,50)15(43,44)11(35,36)7(27,28)3(21)22/h2-3H,1H2. The minimum absolute atomic E-state index is 1.87. The van der Waals surface area contributed by atoms with Crippen LogP contribution in [0, 0.1) is 0 Å². The van der Waals surface area contributed by atoms with Gasteiger partial charge in [-0.3, -0.25) is 0 Å². The second kappa shape index (κ2) is 12.6. The SMILES string of the molecule is O=C(OCC(F)(F)C(F)(F)C(F)(F)C(F)(F)C(F)(F)C(F)(F)C(F)(F)C(F)F)C(F)(F)C(F)(F)C(F)(F)C(F)(F)C(F)(F)C(F)(F)C(F)(F)C(F)F. The van der Waals surface area contributed by atoms with Gasteiger partial charge in [0.1, 0.15) is 0 Å². The van der Waals surface area contributed by atoms with E-state index in [1.54, 1.807) is 0 Å². The van der Waals surface area contributed by atoms with Crippen molar-refractivity contribution in [1.29, 1.82) is 0 Å². The number of halogens is 32. The molecule has 0 aliphatic carbocycles. The van der Waals surface area contributed by atoms with E-state index in [9.17, 15) is 145 Å². The van der Waals surface area contributed by atoms with E-state index in [-0.39, 0.29) is 0 Å². The molecule has 0 unspecified atom stereocenters. The van der Waals surface area contributed by atoms with Crippen molar-refractivity contribution in [2.24, 2.45) is 0 Å². The second-order valence-electron chi connectivity index (χ2n) is 9.45. The first-order valence-corrected chi connectivity index (χ1v) is 11.0. The molecule has 0 fully saturated rings. The van der Waals surface area contributed by atoms with Crippen LogP contribution in [-0.2, 0) is 9.53 Å². The van der Waals surface area contributed by atoms with Gasteiger partial charge in [0.25, 0.3) is 0 Å². The van der Waals surface area contributed by atoms with Crippen LogP contribution in [0.1, 0.15) is 0 Å². The van der Waals surface area contributed by atoms with Gasteiger partial charge in [-0.05, 0) is 0 Å². The Labute approximate surface area is 260 Å². The molecule has 2 nitrogen and oxygen atoms in total. The van der Waals surface area contributed by atoms with Gasteiger partial charge in [0.05, 0.1) is 0 Å². The van der Waals surface area contributed by atoms with Crippen LogP contribution >= 0.6 is 0 Å². The van der Waals surface area contributed by atoms with Gasteiger partial charge in [0, 0.05) is 0 Å². The van der Waals surface area contributed by atoms with Gasteiger partial charge in [0.2, 0.25) is 0 Å². The fourth-order valence-corrected chi connectivity index (χ4v) is 2.77. The highest BCUT2D eigenvalue weighted by Crippen LogP contribution is 2.65. The van der Waals surface area contributed by atoms with E-state index in [1.807, 2.05) is 4.74 Å². The van der Waals surface area contributed by atoms with Crippen molar-refractivity contribution in [1.82, 2.24) is 0 Å². The molecule has 0 saturated heterocycles. The summed E-state index contributed by atoms with van der Waals surface area (Å²) in [6, 6.07) is 0. The van der Waals surface area contributed by atoms with Gasteiger partial charge >= 0.3 is 102 Å². The first-order chi connectivity index (χ1) is 22.0. The lowest BCUT2D eigenvalue weighted by molar-refractivity contribution is -0.448. The van der Waals surface area contributed by atoms with Gasteiger partial charge in [0.15, 0.2) is 6.61 Å². The molecule has 0 spiro atoms. The lowest BCUT2D eigenvalue weighted by atomic mass is 9.89. The molecule has 0 rings (SSSR count). The monoisotopic (exact) mass is 860 g/mol. The quantitative estimate of drug-likeness (QED) is 0.108. The minimum Gasteiger partial charge on any atom is -0.454 e. The van der Waals surface area contributed by atoms with Crippen LogP contribution in [0.25, 0.3) is 0 Å². The Kier molecular flexibility index (Phi) is 12.0. The molecule has 0 heterocycles. The molecule has 0 radical (unpaired) electrons. The molecular weight excluding hydrogens is 856 g/mol. The number of carbonyl (C=O) groups is 1. The fraction of sp³-hybridized carbons (Fsp3) is 0.944. The van der Waals surface area contributed by atoms with E-state index in [0.29, 0.717) is 0 Å². The highest BCUT2D eigenvalue weighted by atomic mass is 19.4. The van der Waals surface area contributed by atoms with Crippen LogP contribution in [0.4, 0.5) is 140 Å². The smallest absolute Gasteiger partial charge is 0.410 e. The summed E-state index contributed by atoms with van der Waals surface area (Å²) in [4.78, 5) is 11.0. The van der Waals surface area contributed by atoms with Gasteiger partial charge in [-0.25, -0.2) is 22.4 Å². The molecule has 0 N–H and O–H groups in total. The Balaban J connectivity index is 6.89. The van der Waals surface area contributed by atoms with Crippen molar-refractivity contribution in [2.45, 2.75) is 95.8 Å². The number of alkyl halides is 32. The van der Waals surface area contributed by atoms with Crippen LogP contribution in [0.2, 0.25) is 0 Å². The van der Waals surface area contributed by atoms with Crippen LogP contribution in [0.5, 0.6) is 0 Å². The predicted molar refractivity (Wildman–Crippen MR) is 92.2 cm³/mol. The summed E-state index contributed by atoms with van der Waals surface area (Å²) >= 11 is 0. The molecule has 34 heteroatoms. The van der Waals surface area contributed by atoms with E-state index in [1.165, 1.54) is 0 Å². The largest absolute Gasteiger partial charge is 0.454 e. The summed E-state index contributed by atoms with van der Waals surface area (Å²) in [7, 11) is 0. The molecule has 0 aliphatic heterocycles. The fourth-order valence-electron chi connectivity index (χ4n) is 2.77. The van der Waals surface area contributed by atoms with Crippen molar-refractivity contribution in [3.63, 3.8) is 0 Å². The highest BCUT2D eigenvalue weighted by molar-refractivity contribution is 5.79. The average Bonchev–Trinajstić information content (AvgIpc) is 2.94. The number of hydrogen-bond acceptors (Lipinski definition) is 2. The first-order valence-electron chi connectivity index (χ1n) is 11.0. The molecule has 0 bridgehead atoms. The Morgan fingerprint density at radius 1 is 0.346 bits per heavy atom. The summed E-state index contributed by atoms with van der Waals surface area (Å²) in [6.45, 7) is -4.91. The molecular formula is C18H4F32O2. The van der Waals surface area contributed by atoms with Crippen molar-refractivity contribution < 1.29 is 150 Å². The van der Waals surface area contributed by atoms with Crippen LogP contribution < -0.4 is 0 Å². The molecule has 0 aromatic heterocycles. The summed E-state index contributed by atoms with van der Waals surface area (Å²) in [5.74, 6) is -128. The van der Waals surface area contributed by atoms with E-state index < -0.39 is 108 Å². The van der Waals surface area contributed by atoms with Crippen LogP contribution in [-0.4, -0.2) is 108 Å². The van der Waals surface area contributed by atoms with E-state index >= 15 is 0 Å². The van der Waals surface area contributed by atoms with Crippen molar-refractivity contribution in [3.05, 3.63) is 0 Å². The molecule has 0 aliphatic rings. The Bertz CT molecular complexity index is 1290. The Hall–Kier alpha value is -2.77. The summed E-state index contributed by atoms with van der Waals surface area (Å²) in [5.41, 5.74) is 0. The van der Waals surface area contributed by atoms with Crippen molar-refractivity contribution in [3.8, 4) is 0 Å². The Morgan fingerprint density at radius 2 is 0.558 bits per heavy atom. The summed E-state index contributed by atoms with van der Waals surface area (Å²) in [5, 5.41) is 0. The Morgan fingerprint density at radius 3 is 0.808 bits per heavy atom. The summed E-state index contributed by atoms with van der Waals surface area (Å²) < 4.78 is 425. The summed E-state index contributed by atoms with van der Waals surface area (Å²) in [6.07, 6.45) is -12.6. The maximum atomic E-state index is 13.7. The average molecular weight is 860 g/mol. The zero-order chi connectivity index (χ0) is 43.1. The normalized spacial score (nSPS) is 16.6. The minimum atomic E-state index is -9.29. The molecule has 0 amide bonds. The third kappa shape index (κ3) is 6.04. The first kappa shape index (κ1) is 49.2. The highest BCUT2D eigenvalue weighted by Gasteiger charge is 2.96. The number of hydrogen-bond donors (Lipinski definition) is 0. The number of ether oxygens (including phenoxy) is 1. The van der Waals surface area contributed by atoms with Gasteiger partial charge in [-0.15, -0.1) is 0 Å². The maximum absolute atomic E-state index is 13.7. The molecule has 52 heavy (non-hydrogen) atoms. The maximum Gasteiger partial charge on any atom is 0.410 e. The second-order valence-corrected chi connectivity index (χ2v) is 9.45. The van der Waals surface area contributed by atoms with Gasteiger partial charge in [-0.1, -0.05) is 0 Å². The lowest BCUT2D eigenvalue weighted by Crippen LogP contribution is -2.74. The molecule has 0 saturated carbocycles. The van der Waals surface area contributed by atoms with E-state index in [2.05, 4.69) is 0 Å². The lowest BCUT2D eigenvalue weighted by Gasteiger charge is -2.42. The molecule has 0 aromatic rings. The number of rotatable bonds is 17. The number of esters is 1. The van der Waals surface area contributed by atoms with E-state index in [0.717, 1.165) is 0 Å². The molecule has 312 valence electrons. The van der Waals surface area contributed by atoms with Gasteiger partial charge in [-0.2, -0.15) is 123 Å². The van der Waals surface area contributed by atoms with Crippen LogP contribution in [0.15, 0.2) is 0 Å². The predicted octanol–water partition coefficient (Wildman–Crippen LogP) is 9.95. The van der Waals surface area contributed by atoms with Crippen molar-refractivity contribution in [2.75, 3.05) is 6.61 Å².